The molecule has 0 bridgehead atoms. The number of hydrogen-bond donors (Lipinski definition) is 3. The molecule has 4 aromatic rings. The van der Waals surface area contributed by atoms with Crippen molar-refractivity contribution in [2.75, 3.05) is 7.05 Å². The van der Waals surface area contributed by atoms with E-state index in [1.807, 2.05) is 61.6 Å². The third-order valence-electron chi connectivity index (χ3n) is 6.51. The molecule has 1 atom stereocenters. The zero-order valence-electron chi connectivity index (χ0n) is 19.6. The summed E-state index contributed by atoms with van der Waals surface area (Å²) in [5.41, 5.74) is 12.2. The van der Waals surface area contributed by atoms with Crippen molar-refractivity contribution < 1.29 is 9.18 Å². The highest BCUT2D eigenvalue weighted by Crippen LogP contribution is 2.31. The van der Waals surface area contributed by atoms with Crippen molar-refractivity contribution >= 4 is 5.78 Å². The van der Waals surface area contributed by atoms with Gasteiger partial charge in [-0.3, -0.25) is 9.36 Å². The van der Waals surface area contributed by atoms with Gasteiger partial charge in [-0.25, -0.2) is 9.37 Å². The fourth-order valence-corrected chi connectivity index (χ4v) is 4.76. The maximum Gasteiger partial charge on any atom is 0.183 e. The number of carbonyl (C=O) groups excluding carboxylic acids is 1. The Labute approximate surface area is 204 Å². The summed E-state index contributed by atoms with van der Waals surface area (Å²) in [6.07, 6.45) is 1.81. The van der Waals surface area contributed by atoms with Crippen LogP contribution < -0.4 is 16.4 Å². The van der Waals surface area contributed by atoms with Crippen molar-refractivity contribution in [3.63, 3.8) is 0 Å². The van der Waals surface area contributed by atoms with Crippen LogP contribution in [0.5, 0.6) is 0 Å². The number of benzene rings is 3. The van der Waals surface area contributed by atoms with E-state index in [0.29, 0.717) is 36.6 Å². The number of nitrogens with one attached hydrogen (secondary N) is 2. The lowest BCUT2D eigenvalue weighted by Gasteiger charge is -2.18. The number of imidazole rings is 1. The predicted molar refractivity (Wildman–Crippen MR) is 135 cm³/mol. The van der Waals surface area contributed by atoms with Crippen LogP contribution in [0, 0.1) is 5.82 Å². The summed E-state index contributed by atoms with van der Waals surface area (Å²) < 4.78 is 17.2. The maximum absolute atomic E-state index is 15.4. The van der Waals surface area contributed by atoms with Gasteiger partial charge in [0.2, 0.25) is 0 Å². The van der Waals surface area contributed by atoms with Gasteiger partial charge in [0.05, 0.1) is 5.69 Å². The molecule has 6 nitrogen and oxygen atoms in total. The second-order valence-corrected chi connectivity index (χ2v) is 8.77. The fraction of sp³-hybridized carbons (Fsp3) is 0.214. The summed E-state index contributed by atoms with van der Waals surface area (Å²) in [4.78, 5) is 17.8. The summed E-state index contributed by atoms with van der Waals surface area (Å²) in [6, 6.07) is 20.5. The molecule has 3 aromatic carbocycles. The summed E-state index contributed by atoms with van der Waals surface area (Å²) in [6.45, 7) is 1.49. The zero-order chi connectivity index (χ0) is 24.4. The molecule has 0 saturated heterocycles. The van der Waals surface area contributed by atoms with Crippen molar-refractivity contribution in [1.82, 2.24) is 20.2 Å². The number of Topliss-reactive ketones (excluding diaryl/α,β-unsaturated/α-hetero) is 1. The minimum absolute atomic E-state index is 0.0755. The Hall–Kier alpha value is -3.65. The first-order valence-corrected chi connectivity index (χ1v) is 11.7. The second kappa shape index (κ2) is 9.92. The molecule has 5 rings (SSSR count). The van der Waals surface area contributed by atoms with E-state index in [-0.39, 0.29) is 18.0 Å². The molecule has 0 spiro atoms. The van der Waals surface area contributed by atoms with Crippen molar-refractivity contribution in [3.8, 4) is 16.8 Å². The van der Waals surface area contributed by atoms with Crippen LogP contribution in [0.1, 0.15) is 45.3 Å². The highest BCUT2D eigenvalue weighted by Gasteiger charge is 2.29. The van der Waals surface area contributed by atoms with Gasteiger partial charge in [0.1, 0.15) is 17.8 Å². The van der Waals surface area contributed by atoms with Gasteiger partial charge in [-0.15, -0.1) is 0 Å². The summed E-state index contributed by atoms with van der Waals surface area (Å²) in [5, 5.41) is 6.49. The molecule has 2 heterocycles. The molecular formula is C28H28FN5O. The van der Waals surface area contributed by atoms with Crippen LogP contribution in [0.2, 0.25) is 0 Å². The molecule has 1 aliphatic rings. The molecule has 35 heavy (non-hydrogen) atoms. The van der Waals surface area contributed by atoms with E-state index in [2.05, 4.69) is 15.6 Å². The molecule has 4 N–H and O–H groups in total. The lowest BCUT2D eigenvalue weighted by Crippen LogP contribution is -2.21. The van der Waals surface area contributed by atoms with Crippen LogP contribution in [0.3, 0.4) is 0 Å². The third kappa shape index (κ3) is 4.53. The van der Waals surface area contributed by atoms with Gasteiger partial charge < -0.3 is 16.4 Å². The lowest BCUT2D eigenvalue weighted by molar-refractivity contribution is 0.0966. The van der Waals surface area contributed by atoms with Crippen molar-refractivity contribution in [2.24, 2.45) is 5.73 Å². The Balaban J connectivity index is 1.43. The Kier molecular flexibility index (Phi) is 6.55. The van der Waals surface area contributed by atoms with E-state index >= 15 is 4.39 Å². The predicted octanol–water partition coefficient (Wildman–Crippen LogP) is 4.27. The molecule has 0 saturated carbocycles. The fourth-order valence-electron chi connectivity index (χ4n) is 4.76. The Morgan fingerprint density at radius 1 is 1.14 bits per heavy atom. The number of ketones is 1. The van der Waals surface area contributed by atoms with Crippen LogP contribution in [0.4, 0.5) is 4.39 Å². The first-order chi connectivity index (χ1) is 17.1. The van der Waals surface area contributed by atoms with Crippen molar-refractivity contribution in [1.29, 1.82) is 0 Å². The average molecular weight is 470 g/mol. The van der Waals surface area contributed by atoms with Crippen LogP contribution >= 0.6 is 0 Å². The van der Waals surface area contributed by atoms with Gasteiger partial charge in [-0.05, 0) is 47.5 Å². The van der Waals surface area contributed by atoms with Gasteiger partial charge in [0.15, 0.2) is 5.78 Å². The van der Waals surface area contributed by atoms with E-state index in [0.717, 1.165) is 27.9 Å². The minimum Gasteiger partial charge on any atom is -0.326 e. The Morgan fingerprint density at radius 2 is 2.00 bits per heavy atom. The normalized spacial score (nSPS) is 15.6. The van der Waals surface area contributed by atoms with Crippen molar-refractivity contribution in [2.45, 2.75) is 32.1 Å². The van der Waals surface area contributed by atoms with Crippen LogP contribution in [-0.4, -0.2) is 22.4 Å². The molecule has 1 aliphatic heterocycles. The third-order valence-corrected chi connectivity index (χ3v) is 6.51. The van der Waals surface area contributed by atoms with Crippen LogP contribution in [0.15, 0.2) is 73.1 Å². The van der Waals surface area contributed by atoms with E-state index < -0.39 is 6.04 Å². The SMILES string of the molecule is CNCc1ccccc1-c1ccc(C2CC(=O)c3c(ncn3-c3cccc(CN)c3)CN2)c(F)c1. The molecular weight excluding hydrogens is 441 g/mol. The molecule has 1 aromatic heterocycles. The summed E-state index contributed by atoms with van der Waals surface area (Å²) in [5.74, 6) is -0.404. The molecule has 7 heteroatoms. The van der Waals surface area contributed by atoms with E-state index in [4.69, 9.17) is 5.73 Å². The number of rotatable bonds is 6. The van der Waals surface area contributed by atoms with E-state index in [9.17, 15) is 4.79 Å². The number of aromatic nitrogens is 2. The van der Waals surface area contributed by atoms with Gasteiger partial charge >= 0.3 is 0 Å². The average Bonchev–Trinajstić information content (AvgIpc) is 3.24. The zero-order valence-corrected chi connectivity index (χ0v) is 19.6. The Morgan fingerprint density at radius 3 is 2.80 bits per heavy atom. The van der Waals surface area contributed by atoms with Crippen molar-refractivity contribution in [3.05, 3.63) is 107 Å². The Bertz CT molecular complexity index is 1380. The highest BCUT2D eigenvalue weighted by molar-refractivity contribution is 5.97. The minimum atomic E-state index is -0.442. The molecule has 0 aliphatic carbocycles. The van der Waals surface area contributed by atoms with E-state index in [1.54, 1.807) is 23.0 Å². The quantitative estimate of drug-likeness (QED) is 0.393. The molecule has 1 unspecified atom stereocenters. The van der Waals surface area contributed by atoms with Gasteiger partial charge in [0.25, 0.3) is 0 Å². The molecule has 0 radical (unpaired) electrons. The van der Waals surface area contributed by atoms with E-state index in [1.165, 1.54) is 0 Å². The topological polar surface area (TPSA) is 85.0 Å². The van der Waals surface area contributed by atoms with Gasteiger partial charge in [-0.1, -0.05) is 48.5 Å². The molecule has 0 amide bonds. The summed E-state index contributed by atoms with van der Waals surface area (Å²) in [7, 11) is 1.89. The number of nitrogens with two attached hydrogens (primary N) is 1. The number of fused-ring (bicyclic) bond motifs is 1. The second-order valence-electron chi connectivity index (χ2n) is 8.77. The monoisotopic (exact) mass is 469 g/mol. The number of hydrogen-bond acceptors (Lipinski definition) is 5. The highest BCUT2D eigenvalue weighted by atomic mass is 19.1. The number of nitrogens with zero attached hydrogens (tertiary/aromatic N) is 2. The van der Waals surface area contributed by atoms with Gasteiger partial charge in [0, 0.05) is 43.3 Å². The first-order valence-electron chi connectivity index (χ1n) is 11.7. The molecule has 178 valence electrons. The lowest BCUT2D eigenvalue weighted by atomic mass is 9.95. The van der Waals surface area contributed by atoms with Gasteiger partial charge in [-0.2, -0.15) is 0 Å². The van der Waals surface area contributed by atoms with Crippen LogP contribution in [0.25, 0.3) is 16.8 Å². The maximum atomic E-state index is 15.4. The number of halogens is 1. The standard InChI is InChI=1S/C28H28FN5O/c1-31-15-20-6-2-3-8-22(20)19-9-10-23(24(29)12-19)25-13-27(35)28-26(16-32-25)33-17-34(28)21-7-4-5-18(11-21)14-30/h2-12,17,25,31-32H,13-16,30H2,1H3. The summed E-state index contributed by atoms with van der Waals surface area (Å²) >= 11 is 0. The smallest absolute Gasteiger partial charge is 0.183 e. The largest absolute Gasteiger partial charge is 0.326 e. The van der Waals surface area contributed by atoms with Crippen LogP contribution in [-0.2, 0) is 19.6 Å². The molecule has 0 fully saturated rings. The first kappa shape index (κ1) is 23.1. The number of carbonyl (C=O) groups is 1.